The highest BCUT2D eigenvalue weighted by molar-refractivity contribution is 6.35. The smallest absolute Gasteiger partial charge is 0.251 e. The molecule has 3 aromatic carbocycles. The lowest BCUT2D eigenvalue weighted by Gasteiger charge is -2.12. The molecule has 1 amide bonds. The number of carbonyl (C=O) groups is 1. The topological polar surface area (TPSA) is 47.6 Å². The molecule has 0 fully saturated rings. The standard InChI is InChI=1S/C23H21Cl2NO3/c1-28-22-10-8-17(11-19(22)15-29-14-16-5-3-2-4-6-16)23(27)26-13-18-7-9-20(24)12-21(18)25/h2-12H,13-15H2,1H3,(H,26,27). The first kappa shape index (κ1) is 21.2. The Balaban J connectivity index is 1.64. The van der Waals surface area contributed by atoms with Gasteiger partial charge in [0.05, 0.1) is 20.3 Å². The molecule has 0 radical (unpaired) electrons. The van der Waals surface area contributed by atoms with Crippen LogP contribution in [-0.4, -0.2) is 13.0 Å². The van der Waals surface area contributed by atoms with E-state index >= 15 is 0 Å². The Labute approximate surface area is 180 Å². The van der Waals surface area contributed by atoms with Crippen LogP contribution >= 0.6 is 23.2 Å². The Bertz CT molecular complexity index is 977. The molecular weight excluding hydrogens is 409 g/mol. The van der Waals surface area contributed by atoms with Gasteiger partial charge in [-0.2, -0.15) is 0 Å². The highest BCUT2D eigenvalue weighted by atomic mass is 35.5. The summed E-state index contributed by atoms with van der Waals surface area (Å²) in [4.78, 5) is 12.6. The molecule has 3 rings (SSSR count). The van der Waals surface area contributed by atoms with Crippen LogP contribution in [0.2, 0.25) is 10.0 Å². The minimum atomic E-state index is -0.206. The number of ether oxygens (including phenoxy) is 2. The molecule has 0 spiro atoms. The number of nitrogens with one attached hydrogen (secondary N) is 1. The van der Waals surface area contributed by atoms with Crippen LogP contribution in [0.5, 0.6) is 5.75 Å². The normalized spacial score (nSPS) is 10.6. The largest absolute Gasteiger partial charge is 0.496 e. The van der Waals surface area contributed by atoms with Gasteiger partial charge in [-0.3, -0.25) is 4.79 Å². The van der Waals surface area contributed by atoms with Gasteiger partial charge < -0.3 is 14.8 Å². The summed E-state index contributed by atoms with van der Waals surface area (Å²) in [6.07, 6.45) is 0. The molecule has 0 aliphatic carbocycles. The molecule has 150 valence electrons. The fraction of sp³-hybridized carbons (Fsp3) is 0.174. The van der Waals surface area contributed by atoms with Crippen molar-refractivity contribution in [3.63, 3.8) is 0 Å². The van der Waals surface area contributed by atoms with Crippen LogP contribution in [0, 0.1) is 0 Å². The molecule has 0 aliphatic rings. The van der Waals surface area contributed by atoms with Crippen molar-refractivity contribution in [1.29, 1.82) is 0 Å². The van der Waals surface area contributed by atoms with E-state index < -0.39 is 0 Å². The van der Waals surface area contributed by atoms with Crippen molar-refractivity contribution >= 4 is 29.1 Å². The van der Waals surface area contributed by atoms with Gasteiger partial charge in [0.1, 0.15) is 5.75 Å². The molecule has 0 aliphatic heterocycles. The summed E-state index contributed by atoms with van der Waals surface area (Å²) in [5, 5.41) is 3.95. The van der Waals surface area contributed by atoms with Gasteiger partial charge >= 0.3 is 0 Å². The van der Waals surface area contributed by atoms with E-state index in [0.717, 1.165) is 16.7 Å². The fourth-order valence-corrected chi connectivity index (χ4v) is 3.30. The third-order valence-electron chi connectivity index (χ3n) is 4.37. The Morgan fingerprint density at radius 1 is 0.931 bits per heavy atom. The third kappa shape index (κ3) is 5.97. The molecule has 0 atom stereocenters. The summed E-state index contributed by atoms with van der Waals surface area (Å²) in [5.41, 5.74) is 3.21. The number of halogens is 2. The second-order valence-corrected chi connectivity index (χ2v) is 7.27. The zero-order valence-electron chi connectivity index (χ0n) is 16.0. The summed E-state index contributed by atoms with van der Waals surface area (Å²) < 4.78 is 11.2. The number of hydrogen-bond donors (Lipinski definition) is 1. The first-order chi connectivity index (χ1) is 14.1. The minimum Gasteiger partial charge on any atom is -0.496 e. The van der Waals surface area contributed by atoms with Gasteiger partial charge in [-0.1, -0.05) is 59.6 Å². The molecular formula is C23H21Cl2NO3. The van der Waals surface area contributed by atoms with Crippen molar-refractivity contribution in [3.8, 4) is 5.75 Å². The maximum absolute atomic E-state index is 12.6. The van der Waals surface area contributed by atoms with E-state index in [-0.39, 0.29) is 5.91 Å². The zero-order chi connectivity index (χ0) is 20.6. The summed E-state index contributed by atoms with van der Waals surface area (Å²) in [7, 11) is 1.60. The summed E-state index contributed by atoms with van der Waals surface area (Å²) in [6, 6.07) is 20.4. The maximum atomic E-state index is 12.6. The number of methoxy groups -OCH3 is 1. The van der Waals surface area contributed by atoms with Crippen LogP contribution in [0.25, 0.3) is 0 Å². The second-order valence-electron chi connectivity index (χ2n) is 6.42. The quantitative estimate of drug-likeness (QED) is 0.503. The van der Waals surface area contributed by atoms with Crippen LogP contribution in [0.4, 0.5) is 0 Å². The van der Waals surface area contributed by atoms with Crippen molar-refractivity contribution < 1.29 is 14.3 Å². The van der Waals surface area contributed by atoms with Crippen LogP contribution in [0.15, 0.2) is 66.7 Å². The molecule has 3 aromatic rings. The Morgan fingerprint density at radius 2 is 1.72 bits per heavy atom. The van der Waals surface area contributed by atoms with Gasteiger partial charge in [0, 0.05) is 27.7 Å². The number of amides is 1. The number of carbonyl (C=O) groups excluding carboxylic acids is 1. The van der Waals surface area contributed by atoms with Crippen molar-refractivity contribution in [2.24, 2.45) is 0 Å². The lowest BCUT2D eigenvalue weighted by molar-refractivity contribution is 0.0948. The molecule has 0 heterocycles. The van der Waals surface area contributed by atoms with E-state index in [1.54, 1.807) is 43.5 Å². The second kappa shape index (κ2) is 10.3. The van der Waals surface area contributed by atoms with Gasteiger partial charge in [-0.05, 0) is 41.5 Å². The van der Waals surface area contributed by atoms with E-state index in [0.29, 0.717) is 41.1 Å². The lowest BCUT2D eigenvalue weighted by Crippen LogP contribution is -2.23. The van der Waals surface area contributed by atoms with Gasteiger partial charge in [-0.15, -0.1) is 0 Å². The SMILES string of the molecule is COc1ccc(C(=O)NCc2ccc(Cl)cc2Cl)cc1COCc1ccccc1. The van der Waals surface area contributed by atoms with E-state index in [4.69, 9.17) is 32.7 Å². The molecule has 0 saturated carbocycles. The molecule has 0 aromatic heterocycles. The third-order valence-corrected chi connectivity index (χ3v) is 4.95. The van der Waals surface area contributed by atoms with E-state index in [1.165, 1.54) is 0 Å². The average molecular weight is 430 g/mol. The predicted octanol–water partition coefficient (Wildman–Crippen LogP) is 5.65. The van der Waals surface area contributed by atoms with Crippen molar-refractivity contribution in [3.05, 3.63) is 99.0 Å². The van der Waals surface area contributed by atoms with Crippen LogP contribution in [0.3, 0.4) is 0 Å². The van der Waals surface area contributed by atoms with Gasteiger partial charge in [0.2, 0.25) is 0 Å². The average Bonchev–Trinajstić information content (AvgIpc) is 2.73. The highest BCUT2D eigenvalue weighted by Crippen LogP contribution is 2.23. The molecule has 29 heavy (non-hydrogen) atoms. The Hall–Kier alpha value is -2.53. The van der Waals surface area contributed by atoms with Crippen LogP contribution in [-0.2, 0) is 24.5 Å². The van der Waals surface area contributed by atoms with Crippen molar-refractivity contribution in [1.82, 2.24) is 5.32 Å². The molecule has 0 unspecified atom stereocenters. The Kier molecular flexibility index (Phi) is 7.53. The molecule has 1 N–H and O–H groups in total. The van der Waals surface area contributed by atoms with Crippen LogP contribution < -0.4 is 10.1 Å². The molecule has 4 nitrogen and oxygen atoms in total. The molecule has 0 saturated heterocycles. The minimum absolute atomic E-state index is 0.206. The lowest BCUT2D eigenvalue weighted by atomic mass is 10.1. The number of hydrogen-bond acceptors (Lipinski definition) is 3. The highest BCUT2D eigenvalue weighted by Gasteiger charge is 2.11. The monoisotopic (exact) mass is 429 g/mol. The van der Waals surface area contributed by atoms with Gasteiger partial charge in [0.25, 0.3) is 5.91 Å². The van der Waals surface area contributed by atoms with Gasteiger partial charge in [-0.25, -0.2) is 0 Å². The predicted molar refractivity (Wildman–Crippen MR) is 116 cm³/mol. The Morgan fingerprint density at radius 3 is 2.45 bits per heavy atom. The van der Waals surface area contributed by atoms with Crippen LogP contribution in [0.1, 0.15) is 27.0 Å². The maximum Gasteiger partial charge on any atom is 0.251 e. The number of rotatable bonds is 8. The van der Waals surface area contributed by atoms with E-state index in [9.17, 15) is 4.79 Å². The van der Waals surface area contributed by atoms with Crippen molar-refractivity contribution in [2.75, 3.05) is 7.11 Å². The van der Waals surface area contributed by atoms with Crippen molar-refractivity contribution in [2.45, 2.75) is 19.8 Å². The molecule has 0 bridgehead atoms. The fourth-order valence-electron chi connectivity index (χ4n) is 2.83. The first-order valence-corrected chi connectivity index (χ1v) is 9.83. The zero-order valence-corrected chi connectivity index (χ0v) is 17.5. The summed E-state index contributed by atoms with van der Waals surface area (Å²) >= 11 is 12.1. The molecule has 6 heteroatoms. The number of benzene rings is 3. The first-order valence-electron chi connectivity index (χ1n) is 9.07. The van der Waals surface area contributed by atoms with Gasteiger partial charge in [0.15, 0.2) is 0 Å². The van der Waals surface area contributed by atoms with E-state index in [1.807, 2.05) is 30.3 Å². The summed E-state index contributed by atoms with van der Waals surface area (Å²) in [5.74, 6) is 0.471. The summed E-state index contributed by atoms with van der Waals surface area (Å²) in [6.45, 7) is 1.12. The van der Waals surface area contributed by atoms with E-state index in [2.05, 4.69) is 5.32 Å².